The van der Waals surface area contributed by atoms with E-state index in [0.29, 0.717) is 0 Å². The van der Waals surface area contributed by atoms with Crippen molar-refractivity contribution < 1.29 is 9.84 Å². The van der Waals surface area contributed by atoms with Crippen LogP contribution >= 0.6 is 11.3 Å². The summed E-state index contributed by atoms with van der Waals surface area (Å²) in [7, 11) is 0. The van der Waals surface area contributed by atoms with E-state index in [1.807, 2.05) is 0 Å². The second kappa shape index (κ2) is 5.72. The highest BCUT2D eigenvalue weighted by molar-refractivity contribution is 7.09. The van der Waals surface area contributed by atoms with Gasteiger partial charge in [0.1, 0.15) is 0 Å². The lowest BCUT2D eigenvalue weighted by Gasteiger charge is -2.42. The van der Waals surface area contributed by atoms with Crippen molar-refractivity contribution in [2.75, 3.05) is 19.7 Å². The number of aliphatic hydroxyl groups is 1. The van der Waals surface area contributed by atoms with Crippen molar-refractivity contribution in [3.63, 3.8) is 0 Å². The first kappa shape index (κ1) is 15.9. The van der Waals surface area contributed by atoms with Gasteiger partial charge in [0.05, 0.1) is 29.0 Å². The number of hydrogen-bond acceptors (Lipinski definition) is 5. The number of thiazole rings is 1. The normalized spacial score (nSPS) is 24.0. The fraction of sp³-hybridized carbons (Fsp3) is 0.800. The monoisotopic (exact) mass is 298 g/mol. The van der Waals surface area contributed by atoms with E-state index in [9.17, 15) is 5.11 Å². The summed E-state index contributed by atoms with van der Waals surface area (Å²) in [6.07, 6.45) is -0.0977. The molecule has 0 spiro atoms. The molecule has 0 saturated carbocycles. The summed E-state index contributed by atoms with van der Waals surface area (Å²) in [5.41, 5.74) is 1.02. The first-order chi connectivity index (χ1) is 9.19. The van der Waals surface area contributed by atoms with Gasteiger partial charge in [-0.2, -0.15) is 0 Å². The summed E-state index contributed by atoms with van der Waals surface area (Å²) in [6, 6.07) is 0. The smallest absolute Gasteiger partial charge is 0.0982 e. The molecular formula is C15H26N2O2S. The van der Waals surface area contributed by atoms with Crippen LogP contribution in [-0.4, -0.2) is 46.4 Å². The molecule has 4 nitrogen and oxygen atoms in total. The average Bonchev–Trinajstić information content (AvgIpc) is 2.75. The minimum Gasteiger partial charge on any atom is -0.394 e. The largest absolute Gasteiger partial charge is 0.394 e. The molecular weight excluding hydrogens is 272 g/mol. The first-order valence-electron chi connectivity index (χ1n) is 7.15. The van der Waals surface area contributed by atoms with Crippen molar-refractivity contribution in [1.29, 1.82) is 0 Å². The van der Waals surface area contributed by atoms with Crippen molar-refractivity contribution in [3.8, 4) is 0 Å². The molecule has 1 aromatic heterocycles. The molecule has 2 heterocycles. The van der Waals surface area contributed by atoms with Crippen LogP contribution in [0.25, 0.3) is 0 Å². The quantitative estimate of drug-likeness (QED) is 0.931. The van der Waals surface area contributed by atoms with Gasteiger partial charge in [0.15, 0.2) is 0 Å². The van der Waals surface area contributed by atoms with Crippen LogP contribution < -0.4 is 0 Å². The third-order valence-electron chi connectivity index (χ3n) is 3.33. The lowest BCUT2D eigenvalue weighted by molar-refractivity contribution is -0.150. The summed E-state index contributed by atoms with van der Waals surface area (Å²) < 4.78 is 5.84. The molecule has 1 atom stereocenters. The average molecular weight is 298 g/mol. The van der Waals surface area contributed by atoms with Crippen molar-refractivity contribution in [1.82, 2.24) is 9.88 Å². The molecule has 1 aromatic rings. The Balaban J connectivity index is 2.04. The molecule has 1 saturated heterocycles. The van der Waals surface area contributed by atoms with Crippen LogP contribution in [-0.2, 0) is 16.7 Å². The van der Waals surface area contributed by atoms with Crippen LogP contribution in [0, 0.1) is 0 Å². The zero-order valence-corrected chi connectivity index (χ0v) is 14.0. The highest BCUT2D eigenvalue weighted by Gasteiger charge is 2.33. The van der Waals surface area contributed by atoms with Crippen molar-refractivity contribution in [2.24, 2.45) is 0 Å². The Labute approximate surface area is 125 Å². The minimum absolute atomic E-state index is 0.0736. The predicted molar refractivity (Wildman–Crippen MR) is 82.1 cm³/mol. The maximum absolute atomic E-state index is 9.35. The zero-order chi connectivity index (χ0) is 15.0. The minimum atomic E-state index is -0.214. The SMILES string of the molecule is CC1(C)CN(Cc2csc(C(C)(C)C)n2)CC(CO)O1. The molecule has 2 rings (SSSR count). The molecule has 0 aromatic carbocycles. The Hall–Kier alpha value is -0.490. The fourth-order valence-electron chi connectivity index (χ4n) is 2.59. The van der Waals surface area contributed by atoms with E-state index in [4.69, 9.17) is 9.72 Å². The molecule has 5 heteroatoms. The molecule has 1 aliphatic heterocycles. The summed E-state index contributed by atoms with van der Waals surface area (Å²) in [4.78, 5) is 7.07. The van der Waals surface area contributed by atoms with Crippen LogP contribution in [0.15, 0.2) is 5.38 Å². The molecule has 114 valence electrons. The molecule has 0 amide bonds. The Morgan fingerprint density at radius 1 is 1.50 bits per heavy atom. The van der Waals surface area contributed by atoms with E-state index in [-0.39, 0.29) is 23.7 Å². The van der Waals surface area contributed by atoms with Crippen molar-refractivity contribution in [2.45, 2.75) is 58.3 Å². The molecule has 0 bridgehead atoms. The molecule has 1 fully saturated rings. The molecule has 1 aliphatic rings. The molecule has 0 aliphatic carbocycles. The van der Waals surface area contributed by atoms with E-state index >= 15 is 0 Å². The highest BCUT2D eigenvalue weighted by atomic mass is 32.1. The summed E-state index contributed by atoms with van der Waals surface area (Å²) >= 11 is 1.73. The second-order valence-electron chi connectivity index (χ2n) is 7.25. The van der Waals surface area contributed by atoms with Gasteiger partial charge in [0.2, 0.25) is 0 Å². The summed E-state index contributed by atoms with van der Waals surface area (Å²) in [6.45, 7) is 13.3. The molecule has 1 unspecified atom stereocenters. The van der Waals surface area contributed by atoms with E-state index in [2.05, 4.69) is 44.9 Å². The van der Waals surface area contributed by atoms with Gasteiger partial charge < -0.3 is 9.84 Å². The standard InChI is InChI=1S/C15H26N2O2S/c1-14(2,3)13-16-11(9-20-13)6-17-7-12(8-18)19-15(4,5)10-17/h9,12,18H,6-8,10H2,1-5H3. The molecule has 1 N–H and O–H groups in total. The lowest BCUT2D eigenvalue weighted by atomic mass is 9.98. The van der Waals surface area contributed by atoms with Crippen LogP contribution in [0.3, 0.4) is 0 Å². The van der Waals surface area contributed by atoms with Gasteiger partial charge in [-0.25, -0.2) is 4.98 Å². The third kappa shape index (κ3) is 4.01. The van der Waals surface area contributed by atoms with Crippen LogP contribution in [0.4, 0.5) is 0 Å². The molecule has 0 radical (unpaired) electrons. The third-order valence-corrected chi connectivity index (χ3v) is 4.65. The summed E-state index contributed by atoms with van der Waals surface area (Å²) in [5.74, 6) is 0. The number of hydrogen-bond donors (Lipinski definition) is 1. The number of rotatable bonds is 3. The van der Waals surface area contributed by atoms with Crippen molar-refractivity contribution >= 4 is 11.3 Å². The Morgan fingerprint density at radius 2 is 2.20 bits per heavy atom. The van der Waals surface area contributed by atoms with Crippen LogP contribution in [0.1, 0.15) is 45.3 Å². The van der Waals surface area contributed by atoms with E-state index < -0.39 is 0 Å². The Morgan fingerprint density at radius 3 is 2.75 bits per heavy atom. The van der Waals surface area contributed by atoms with Crippen molar-refractivity contribution in [3.05, 3.63) is 16.1 Å². The van der Waals surface area contributed by atoms with Crippen LogP contribution in [0.5, 0.6) is 0 Å². The number of aliphatic hydroxyl groups excluding tert-OH is 1. The summed E-state index contributed by atoms with van der Waals surface area (Å²) in [5, 5.41) is 12.7. The second-order valence-corrected chi connectivity index (χ2v) is 8.10. The lowest BCUT2D eigenvalue weighted by Crippen LogP contribution is -2.53. The fourth-order valence-corrected chi connectivity index (χ4v) is 3.48. The highest BCUT2D eigenvalue weighted by Crippen LogP contribution is 2.27. The van der Waals surface area contributed by atoms with Gasteiger partial charge in [-0.1, -0.05) is 20.8 Å². The van der Waals surface area contributed by atoms with E-state index in [1.54, 1.807) is 11.3 Å². The van der Waals surface area contributed by atoms with Gasteiger partial charge >= 0.3 is 0 Å². The number of nitrogens with zero attached hydrogens (tertiary/aromatic N) is 2. The van der Waals surface area contributed by atoms with E-state index in [0.717, 1.165) is 25.3 Å². The molecule has 20 heavy (non-hydrogen) atoms. The van der Waals surface area contributed by atoms with Crippen LogP contribution in [0.2, 0.25) is 0 Å². The topological polar surface area (TPSA) is 45.6 Å². The Kier molecular flexibility index (Phi) is 4.54. The van der Waals surface area contributed by atoms with Gasteiger partial charge in [0.25, 0.3) is 0 Å². The van der Waals surface area contributed by atoms with Gasteiger partial charge in [0, 0.05) is 30.4 Å². The number of ether oxygens (including phenoxy) is 1. The predicted octanol–water partition coefficient (Wildman–Crippen LogP) is 2.41. The first-order valence-corrected chi connectivity index (χ1v) is 8.03. The maximum atomic E-state index is 9.35. The number of morpholine rings is 1. The van der Waals surface area contributed by atoms with E-state index in [1.165, 1.54) is 5.01 Å². The Bertz CT molecular complexity index is 451. The van der Waals surface area contributed by atoms with Gasteiger partial charge in [-0.15, -0.1) is 11.3 Å². The van der Waals surface area contributed by atoms with Gasteiger partial charge in [-0.3, -0.25) is 4.90 Å². The number of aromatic nitrogens is 1. The van der Waals surface area contributed by atoms with Gasteiger partial charge in [-0.05, 0) is 13.8 Å². The maximum Gasteiger partial charge on any atom is 0.0982 e. The zero-order valence-electron chi connectivity index (χ0n) is 13.1.